The summed E-state index contributed by atoms with van der Waals surface area (Å²) < 4.78 is 2.04. The van der Waals surface area contributed by atoms with Gasteiger partial charge in [-0.3, -0.25) is 0 Å². The summed E-state index contributed by atoms with van der Waals surface area (Å²) in [5.41, 5.74) is 7.48. The average Bonchev–Trinajstić information content (AvgIpc) is 2.20. The highest BCUT2D eigenvalue weighted by molar-refractivity contribution is 5.32. The lowest BCUT2D eigenvalue weighted by atomic mass is 10.2. The Hall–Kier alpha value is -1.83. The third-order valence-corrected chi connectivity index (χ3v) is 1.88. The van der Waals surface area contributed by atoms with Gasteiger partial charge in [-0.05, 0) is 0 Å². The molecule has 72 valence electrons. The van der Waals surface area contributed by atoms with Crippen molar-refractivity contribution in [1.82, 2.24) is 0 Å². The topological polar surface area (TPSA) is 29.9 Å². The van der Waals surface area contributed by atoms with Gasteiger partial charge in [-0.2, -0.15) is 0 Å². The van der Waals surface area contributed by atoms with E-state index in [1.54, 1.807) is 6.08 Å². The van der Waals surface area contributed by atoms with Crippen LogP contribution in [0, 0.1) is 0 Å². The Bertz CT molecular complexity index is 347. The van der Waals surface area contributed by atoms with Gasteiger partial charge in [-0.1, -0.05) is 31.4 Å². The minimum Gasteiger partial charge on any atom is -0.398 e. The second-order valence-corrected chi connectivity index (χ2v) is 2.99. The molecule has 0 unspecified atom stereocenters. The van der Waals surface area contributed by atoms with Gasteiger partial charge in [0.15, 0.2) is 18.9 Å². The molecule has 1 heterocycles. The number of aromatic nitrogens is 1. The highest BCUT2D eigenvalue weighted by Gasteiger charge is 2.00. The van der Waals surface area contributed by atoms with Crippen LogP contribution in [0.4, 0.5) is 5.69 Å². The molecule has 0 fully saturated rings. The number of nitrogen functional groups attached to an aromatic ring is 1. The molecule has 14 heavy (non-hydrogen) atoms. The Morgan fingerprint density at radius 1 is 1.36 bits per heavy atom. The first-order valence-corrected chi connectivity index (χ1v) is 4.45. The fourth-order valence-corrected chi connectivity index (χ4v) is 1.12. The quantitative estimate of drug-likeness (QED) is 0.566. The van der Waals surface area contributed by atoms with Crippen LogP contribution in [-0.2, 0) is 6.54 Å². The van der Waals surface area contributed by atoms with E-state index in [2.05, 4.69) is 13.2 Å². The van der Waals surface area contributed by atoms with Crippen molar-refractivity contribution in [3.63, 3.8) is 0 Å². The standard InChI is InChI=1S/C12H14N2/c1-3-5-11(4-2)10-14-8-6-12(13)7-9-14/h3-9,13H,1-2,10H2/p+1/b11-5+. The maximum Gasteiger partial charge on any atom is 0.173 e. The molecule has 0 spiro atoms. The number of rotatable bonds is 4. The first kappa shape index (κ1) is 10.3. The molecule has 0 radical (unpaired) electrons. The highest BCUT2D eigenvalue weighted by atomic mass is 14.9. The summed E-state index contributed by atoms with van der Waals surface area (Å²) in [6.07, 6.45) is 9.40. The Balaban J connectivity index is 2.77. The number of allylic oxidation sites excluding steroid dienone is 4. The number of hydrogen-bond acceptors (Lipinski definition) is 1. The molecule has 0 aromatic carbocycles. The van der Waals surface area contributed by atoms with Gasteiger partial charge in [0.25, 0.3) is 0 Å². The summed E-state index contributed by atoms with van der Waals surface area (Å²) in [4.78, 5) is 0. The average molecular weight is 187 g/mol. The maximum atomic E-state index is 5.58. The van der Waals surface area contributed by atoms with Gasteiger partial charge < -0.3 is 5.73 Å². The molecule has 0 aliphatic carbocycles. The Labute approximate surface area is 84.7 Å². The number of pyridine rings is 1. The van der Waals surface area contributed by atoms with E-state index in [0.717, 1.165) is 17.8 Å². The van der Waals surface area contributed by atoms with E-state index in [-0.39, 0.29) is 0 Å². The summed E-state index contributed by atoms with van der Waals surface area (Å²) in [6, 6.07) is 3.74. The summed E-state index contributed by atoms with van der Waals surface area (Å²) in [5.74, 6) is 0. The largest absolute Gasteiger partial charge is 0.398 e. The van der Waals surface area contributed by atoms with Crippen LogP contribution >= 0.6 is 0 Å². The number of nitrogens with two attached hydrogens (primary N) is 1. The molecule has 1 rings (SSSR count). The third kappa shape index (κ3) is 2.90. The molecule has 2 nitrogen and oxygen atoms in total. The smallest absolute Gasteiger partial charge is 0.173 e. The van der Waals surface area contributed by atoms with E-state index in [4.69, 9.17) is 5.73 Å². The molecule has 2 N–H and O–H groups in total. The van der Waals surface area contributed by atoms with Crippen molar-refractivity contribution < 1.29 is 4.57 Å². The van der Waals surface area contributed by atoms with E-state index < -0.39 is 0 Å². The third-order valence-electron chi connectivity index (χ3n) is 1.88. The molecule has 0 amide bonds. The van der Waals surface area contributed by atoms with E-state index in [1.807, 2.05) is 41.2 Å². The van der Waals surface area contributed by atoms with Crippen molar-refractivity contribution in [3.05, 3.63) is 61.5 Å². The first-order chi connectivity index (χ1) is 6.76. The highest BCUT2D eigenvalue weighted by Crippen LogP contribution is 1.98. The fourth-order valence-electron chi connectivity index (χ4n) is 1.12. The summed E-state index contributed by atoms with van der Waals surface area (Å²) in [5, 5.41) is 0. The lowest BCUT2D eigenvalue weighted by Crippen LogP contribution is -2.33. The van der Waals surface area contributed by atoms with E-state index in [1.165, 1.54) is 0 Å². The molecule has 1 aromatic rings. The van der Waals surface area contributed by atoms with E-state index in [0.29, 0.717) is 0 Å². The van der Waals surface area contributed by atoms with Crippen molar-refractivity contribution in [3.8, 4) is 0 Å². The Morgan fingerprint density at radius 2 is 2.00 bits per heavy atom. The summed E-state index contributed by atoms with van der Waals surface area (Å²) >= 11 is 0. The second-order valence-electron chi connectivity index (χ2n) is 2.99. The van der Waals surface area contributed by atoms with E-state index in [9.17, 15) is 0 Å². The predicted molar refractivity (Wildman–Crippen MR) is 59.5 cm³/mol. The molecular formula is C12H15N2+. The normalized spacial score (nSPS) is 11.0. The van der Waals surface area contributed by atoms with Gasteiger partial charge >= 0.3 is 0 Å². The van der Waals surface area contributed by atoms with Gasteiger partial charge in [-0.25, -0.2) is 4.57 Å². The zero-order chi connectivity index (χ0) is 10.4. The molecule has 0 atom stereocenters. The molecule has 2 heteroatoms. The molecule has 1 aromatic heterocycles. The monoisotopic (exact) mass is 187 g/mol. The van der Waals surface area contributed by atoms with Crippen molar-refractivity contribution in [2.45, 2.75) is 6.54 Å². The second kappa shape index (κ2) is 5.02. The zero-order valence-electron chi connectivity index (χ0n) is 8.19. The van der Waals surface area contributed by atoms with Crippen LogP contribution in [0.5, 0.6) is 0 Å². The Kier molecular flexibility index (Phi) is 3.68. The minimum atomic E-state index is 0.772. The molecule has 0 bridgehead atoms. The molecule has 0 saturated carbocycles. The maximum absolute atomic E-state index is 5.58. The molecule has 0 aliphatic heterocycles. The van der Waals surface area contributed by atoms with Crippen molar-refractivity contribution in [1.29, 1.82) is 0 Å². The van der Waals surface area contributed by atoms with Crippen LogP contribution < -0.4 is 10.3 Å². The summed E-state index contributed by atoms with van der Waals surface area (Å²) in [6.45, 7) is 8.18. The van der Waals surface area contributed by atoms with Gasteiger partial charge in [-0.15, -0.1) is 0 Å². The van der Waals surface area contributed by atoms with Gasteiger partial charge in [0, 0.05) is 23.4 Å². The minimum absolute atomic E-state index is 0.772. The predicted octanol–water partition coefficient (Wildman–Crippen LogP) is 1.85. The van der Waals surface area contributed by atoms with Crippen LogP contribution in [0.15, 0.2) is 61.5 Å². The van der Waals surface area contributed by atoms with Crippen LogP contribution in [0.25, 0.3) is 0 Å². The van der Waals surface area contributed by atoms with Gasteiger partial charge in [0.2, 0.25) is 0 Å². The van der Waals surface area contributed by atoms with Crippen molar-refractivity contribution in [2.24, 2.45) is 0 Å². The van der Waals surface area contributed by atoms with Gasteiger partial charge in [0.05, 0.1) is 0 Å². The lowest BCUT2D eigenvalue weighted by Gasteiger charge is -1.97. The number of anilines is 1. The number of nitrogens with zero attached hydrogens (tertiary/aromatic N) is 1. The number of hydrogen-bond donors (Lipinski definition) is 1. The van der Waals surface area contributed by atoms with Gasteiger partial charge in [0.1, 0.15) is 0 Å². The zero-order valence-corrected chi connectivity index (χ0v) is 8.19. The van der Waals surface area contributed by atoms with Crippen molar-refractivity contribution >= 4 is 5.69 Å². The van der Waals surface area contributed by atoms with E-state index >= 15 is 0 Å². The van der Waals surface area contributed by atoms with Crippen LogP contribution in [0.2, 0.25) is 0 Å². The van der Waals surface area contributed by atoms with Crippen LogP contribution in [-0.4, -0.2) is 0 Å². The van der Waals surface area contributed by atoms with Crippen LogP contribution in [0.1, 0.15) is 0 Å². The molecule has 0 saturated heterocycles. The lowest BCUT2D eigenvalue weighted by molar-refractivity contribution is -0.688. The molecular weight excluding hydrogens is 172 g/mol. The fraction of sp³-hybridized carbons (Fsp3) is 0.0833. The SMILES string of the molecule is C=C/C=C(\C=C)C[n+]1ccc(N)cc1. The summed E-state index contributed by atoms with van der Waals surface area (Å²) in [7, 11) is 0. The molecule has 0 aliphatic rings. The first-order valence-electron chi connectivity index (χ1n) is 4.45. The van der Waals surface area contributed by atoms with Crippen molar-refractivity contribution in [2.75, 3.05) is 5.73 Å². The Morgan fingerprint density at radius 3 is 2.50 bits per heavy atom. The van der Waals surface area contributed by atoms with Crippen LogP contribution in [0.3, 0.4) is 0 Å².